The number of ether oxygens (including phenoxy) is 1. The van der Waals surface area contributed by atoms with Crippen molar-refractivity contribution in [3.63, 3.8) is 0 Å². The zero-order valence-electron chi connectivity index (χ0n) is 17.6. The summed E-state index contributed by atoms with van der Waals surface area (Å²) in [4.78, 5) is 37.9. The monoisotopic (exact) mass is 422 g/mol. The van der Waals surface area contributed by atoms with Gasteiger partial charge in [-0.2, -0.15) is 0 Å². The predicted octanol–water partition coefficient (Wildman–Crippen LogP) is 3.24. The number of fused-ring (bicyclic) bond motifs is 3. The Balaban J connectivity index is 1.43. The van der Waals surface area contributed by atoms with Crippen molar-refractivity contribution in [1.29, 1.82) is 0 Å². The van der Waals surface area contributed by atoms with Crippen LogP contribution in [-0.4, -0.2) is 53.2 Å². The van der Waals surface area contributed by atoms with Gasteiger partial charge in [-0.25, -0.2) is 9.59 Å². The predicted molar refractivity (Wildman–Crippen MR) is 115 cm³/mol. The van der Waals surface area contributed by atoms with Crippen molar-refractivity contribution in [1.82, 2.24) is 10.2 Å². The topological polar surface area (TPSA) is 95.9 Å². The first-order valence-electron chi connectivity index (χ1n) is 10.5. The Hall–Kier alpha value is -3.35. The Kier molecular flexibility index (Phi) is 5.67. The maximum Gasteiger partial charge on any atom is 0.407 e. The number of carboxylic acid groups (broad SMARTS) is 1. The highest BCUT2D eigenvalue weighted by molar-refractivity contribution is 5.90. The molecule has 4 rings (SSSR count). The smallest absolute Gasteiger partial charge is 0.407 e. The van der Waals surface area contributed by atoms with Gasteiger partial charge in [-0.05, 0) is 34.6 Å². The Morgan fingerprint density at radius 2 is 1.65 bits per heavy atom. The number of nitrogens with zero attached hydrogens (tertiary/aromatic N) is 1. The quantitative estimate of drug-likeness (QED) is 0.745. The number of alkyl carbamates (subject to hydrolysis) is 1. The van der Waals surface area contributed by atoms with E-state index in [0.717, 1.165) is 22.3 Å². The number of aliphatic carboxylic acids is 1. The molecule has 2 atom stereocenters. The number of hydrogen-bond acceptors (Lipinski definition) is 4. The number of amides is 2. The van der Waals surface area contributed by atoms with Crippen molar-refractivity contribution in [3.8, 4) is 11.1 Å². The maximum atomic E-state index is 12.8. The minimum absolute atomic E-state index is 0.0712. The Labute approximate surface area is 181 Å². The van der Waals surface area contributed by atoms with Crippen molar-refractivity contribution in [2.24, 2.45) is 5.92 Å². The average Bonchev–Trinajstić information content (AvgIpc) is 3.03. The summed E-state index contributed by atoms with van der Waals surface area (Å²) in [6, 6.07) is 14.5. The van der Waals surface area contributed by atoms with Gasteiger partial charge in [0.25, 0.3) is 0 Å². The Morgan fingerprint density at radius 3 is 2.13 bits per heavy atom. The third-order valence-corrected chi connectivity index (χ3v) is 6.14. The summed E-state index contributed by atoms with van der Waals surface area (Å²) in [5.41, 5.74) is 4.50. The molecule has 0 spiro atoms. The van der Waals surface area contributed by atoms with Crippen molar-refractivity contribution in [2.75, 3.05) is 13.2 Å². The van der Waals surface area contributed by atoms with Crippen LogP contribution in [0.2, 0.25) is 0 Å². The maximum absolute atomic E-state index is 12.8. The standard InChI is InChI=1S/C24H26N2O5/c1-14(2)21(22(27)26-12-11-20(26)23(28)29)25-24(30)31-13-19-17-9-5-3-7-15(17)16-8-4-6-10-18(16)19/h3-10,14,19-21H,11-13H2,1-2H3,(H,25,30)(H,28,29). The van der Waals surface area contributed by atoms with Crippen molar-refractivity contribution in [3.05, 3.63) is 59.7 Å². The number of nitrogens with one attached hydrogen (secondary N) is 1. The largest absolute Gasteiger partial charge is 0.480 e. The van der Waals surface area contributed by atoms with E-state index in [4.69, 9.17) is 4.74 Å². The fraction of sp³-hybridized carbons (Fsp3) is 0.375. The van der Waals surface area contributed by atoms with Crippen LogP contribution in [0, 0.1) is 5.92 Å². The van der Waals surface area contributed by atoms with Gasteiger partial charge in [0.15, 0.2) is 0 Å². The summed E-state index contributed by atoms with van der Waals surface area (Å²) < 4.78 is 5.54. The number of benzene rings is 2. The van der Waals surface area contributed by atoms with E-state index in [0.29, 0.717) is 13.0 Å². The summed E-state index contributed by atoms with van der Waals surface area (Å²) in [6.45, 7) is 4.15. The molecule has 2 aliphatic rings. The van der Waals surface area contributed by atoms with Crippen molar-refractivity contribution < 1.29 is 24.2 Å². The van der Waals surface area contributed by atoms with E-state index >= 15 is 0 Å². The molecule has 1 saturated heterocycles. The summed E-state index contributed by atoms with van der Waals surface area (Å²) in [5.74, 6) is -1.69. The molecule has 1 aliphatic carbocycles. The highest BCUT2D eigenvalue weighted by Crippen LogP contribution is 2.44. The molecule has 0 bridgehead atoms. The molecule has 1 heterocycles. The van der Waals surface area contributed by atoms with Gasteiger partial charge in [-0.1, -0.05) is 62.4 Å². The number of hydrogen-bond donors (Lipinski definition) is 2. The van der Waals surface area contributed by atoms with Crippen LogP contribution < -0.4 is 5.32 Å². The minimum Gasteiger partial charge on any atom is -0.480 e. The average molecular weight is 422 g/mol. The molecule has 2 N–H and O–H groups in total. The van der Waals surface area contributed by atoms with Crippen LogP contribution in [0.5, 0.6) is 0 Å². The Morgan fingerprint density at radius 1 is 1.06 bits per heavy atom. The second-order valence-electron chi connectivity index (χ2n) is 8.37. The van der Waals surface area contributed by atoms with Crippen molar-refractivity contribution >= 4 is 18.0 Å². The molecule has 1 fully saturated rings. The van der Waals surface area contributed by atoms with Crippen molar-refractivity contribution in [2.45, 2.75) is 38.3 Å². The lowest BCUT2D eigenvalue weighted by molar-refractivity contribution is -0.158. The highest BCUT2D eigenvalue weighted by Gasteiger charge is 2.41. The molecule has 0 saturated carbocycles. The lowest BCUT2D eigenvalue weighted by Gasteiger charge is -2.40. The summed E-state index contributed by atoms with van der Waals surface area (Å²) in [6.07, 6.45) is -0.252. The summed E-state index contributed by atoms with van der Waals surface area (Å²) in [5, 5.41) is 11.9. The highest BCUT2D eigenvalue weighted by atomic mass is 16.5. The van der Waals surface area contributed by atoms with Gasteiger partial charge in [0.1, 0.15) is 18.7 Å². The molecule has 7 heteroatoms. The number of carbonyl (C=O) groups is 3. The lowest BCUT2D eigenvalue weighted by Crippen LogP contribution is -2.61. The third-order valence-electron chi connectivity index (χ3n) is 6.14. The zero-order chi connectivity index (χ0) is 22.1. The van der Waals surface area contributed by atoms with E-state index in [1.807, 2.05) is 50.2 Å². The molecule has 0 aromatic heterocycles. The summed E-state index contributed by atoms with van der Waals surface area (Å²) in [7, 11) is 0. The van der Waals surface area contributed by atoms with Gasteiger partial charge in [0.05, 0.1) is 0 Å². The first kappa shape index (κ1) is 20.9. The van der Waals surface area contributed by atoms with Gasteiger partial charge in [-0.3, -0.25) is 4.79 Å². The molecule has 1 aliphatic heterocycles. The molecule has 162 valence electrons. The van der Waals surface area contributed by atoms with Gasteiger partial charge in [-0.15, -0.1) is 0 Å². The van der Waals surface area contributed by atoms with Gasteiger partial charge < -0.3 is 20.1 Å². The molecular weight excluding hydrogens is 396 g/mol. The number of carbonyl (C=O) groups excluding carboxylic acids is 2. The second-order valence-corrected chi connectivity index (χ2v) is 8.37. The van der Waals surface area contributed by atoms with E-state index in [9.17, 15) is 19.5 Å². The SMILES string of the molecule is CC(C)C(NC(=O)OCC1c2ccccc2-c2ccccc21)C(=O)N1CCC1C(=O)O. The van der Waals surface area contributed by atoms with Crippen LogP contribution in [-0.2, 0) is 14.3 Å². The van der Waals surface area contributed by atoms with Gasteiger partial charge in [0.2, 0.25) is 5.91 Å². The van der Waals surface area contributed by atoms with E-state index < -0.39 is 24.1 Å². The first-order chi connectivity index (χ1) is 14.9. The van der Waals surface area contributed by atoms with E-state index in [2.05, 4.69) is 17.4 Å². The van der Waals surface area contributed by atoms with E-state index in [1.54, 1.807) is 0 Å². The third kappa shape index (κ3) is 3.87. The van der Waals surface area contributed by atoms with Crippen LogP contribution in [0.3, 0.4) is 0 Å². The number of carboxylic acids is 1. The van der Waals surface area contributed by atoms with E-state index in [1.165, 1.54) is 4.90 Å². The number of rotatable bonds is 6. The van der Waals surface area contributed by atoms with E-state index in [-0.39, 0.29) is 24.3 Å². The summed E-state index contributed by atoms with van der Waals surface area (Å²) >= 11 is 0. The molecule has 2 unspecified atom stereocenters. The first-order valence-corrected chi connectivity index (χ1v) is 10.5. The van der Waals surface area contributed by atoms with Crippen LogP contribution in [0.1, 0.15) is 37.3 Å². The molecule has 7 nitrogen and oxygen atoms in total. The normalized spacial score (nSPS) is 18.0. The van der Waals surface area contributed by atoms with Crippen LogP contribution in [0.4, 0.5) is 4.79 Å². The van der Waals surface area contributed by atoms with Crippen LogP contribution >= 0.6 is 0 Å². The molecule has 0 radical (unpaired) electrons. The molecule has 2 aromatic rings. The molecule has 2 amide bonds. The second kappa shape index (κ2) is 8.41. The molecule has 31 heavy (non-hydrogen) atoms. The fourth-order valence-corrected chi connectivity index (χ4v) is 4.37. The number of likely N-dealkylation sites (tertiary alicyclic amines) is 1. The van der Waals surface area contributed by atoms with Gasteiger partial charge >= 0.3 is 12.1 Å². The van der Waals surface area contributed by atoms with Crippen LogP contribution in [0.15, 0.2) is 48.5 Å². The van der Waals surface area contributed by atoms with Gasteiger partial charge in [0, 0.05) is 12.5 Å². The van der Waals surface area contributed by atoms with Crippen LogP contribution in [0.25, 0.3) is 11.1 Å². The molecule has 2 aromatic carbocycles. The zero-order valence-corrected chi connectivity index (χ0v) is 17.6. The fourth-order valence-electron chi connectivity index (χ4n) is 4.37. The Bertz CT molecular complexity index is 973. The lowest BCUT2D eigenvalue weighted by atomic mass is 9.97. The minimum atomic E-state index is -1.02. The molecular formula is C24H26N2O5.